The molecule has 1 aliphatic rings. The molecule has 0 amide bonds. The monoisotopic (exact) mass is 335 g/mol. The third kappa shape index (κ3) is 3.10. The fraction of sp³-hybridized carbons (Fsp3) is 0.333. The number of anilines is 1. The smallest absolute Gasteiger partial charge is 0.142 e. The van der Waals surface area contributed by atoms with Crippen molar-refractivity contribution in [2.45, 2.75) is 12.3 Å². The Balaban J connectivity index is 1.73. The number of likely N-dealkylation sites (N-methyl/N-ethyl adjacent to an activating group) is 1. The van der Waals surface area contributed by atoms with Gasteiger partial charge in [-0.25, -0.2) is 0 Å². The maximum absolute atomic E-state index is 5.92. The van der Waals surface area contributed by atoms with Crippen LogP contribution in [0.2, 0.25) is 0 Å². The van der Waals surface area contributed by atoms with E-state index < -0.39 is 0 Å². The summed E-state index contributed by atoms with van der Waals surface area (Å²) < 4.78 is 5.92. The van der Waals surface area contributed by atoms with Crippen LogP contribution in [-0.2, 0) is 0 Å². The Morgan fingerprint density at radius 3 is 2.88 bits per heavy atom. The van der Waals surface area contributed by atoms with Crippen LogP contribution >= 0.6 is 0 Å². The average Bonchev–Trinajstić information content (AvgIpc) is 3.10. The molecule has 2 aromatic carbocycles. The van der Waals surface area contributed by atoms with Crippen molar-refractivity contribution in [3.8, 4) is 5.75 Å². The van der Waals surface area contributed by atoms with Crippen molar-refractivity contribution in [2.75, 3.05) is 38.7 Å². The van der Waals surface area contributed by atoms with Crippen LogP contribution in [0.1, 0.15) is 23.5 Å². The normalized spacial score (nSPS) is 15.0. The Bertz CT molecular complexity index is 870. The van der Waals surface area contributed by atoms with Crippen molar-refractivity contribution in [3.63, 3.8) is 0 Å². The second kappa shape index (κ2) is 6.81. The van der Waals surface area contributed by atoms with Crippen molar-refractivity contribution in [1.29, 1.82) is 0 Å². The summed E-state index contributed by atoms with van der Waals surface area (Å²) in [4.78, 5) is 5.54. The van der Waals surface area contributed by atoms with Gasteiger partial charge in [0.2, 0.25) is 0 Å². The fourth-order valence-electron chi connectivity index (χ4n) is 3.69. The zero-order valence-electron chi connectivity index (χ0n) is 14.9. The van der Waals surface area contributed by atoms with Crippen LogP contribution in [0.15, 0.2) is 48.7 Å². The zero-order chi connectivity index (χ0) is 17.2. The highest BCUT2D eigenvalue weighted by Gasteiger charge is 2.20. The quantitative estimate of drug-likeness (QED) is 0.746. The third-order valence-electron chi connectivity index (χ3n) is 5.14. The number of nitrogens with one attached hydrogen (secondary N) is 2. The zero-order valence-corrected chi connectivity index (χ0v) is 14.9. The molecule has 1 aliphatic heterocycles. The van der Waals surface area contributed by atoms with Gasteiger partial charge in [-0.1, -0.05) is 12.1 Å². The van der Waals surface area contributed by atoms with E-state index in [-0.39, 0.29) is 0 Å². The molecule has 0 aliphatic carbocycles. The highest BCUT2D eigenvalue weighted by atomic mass is 16.5. The lowest BCUT2D eigenvalue weighted by atomic mass is 9.87. The van der Waals surface area contributed by atoms with Gasteiger partial charge in [0, 0.05) is 24.7 Å². The summed E-state index contributed by atoms with van der Waals surface area (Å²) in [5.74, 6) is 1.36. The Morgan fingerprint density at radius 2 is 2.00 bits per heavy atom. The van der Waals surface area contributed by atoms with Crippen molar-refractivity contribution in [2.24, 2.45) is 0 Å². The van der Waals surface area contributed by atoms with Crippen molar-refractivity contribution in [1.82, 2.24) is 10.3 Å². The molecule has 2 N–H and O–H groups in total. The van der Waals surface area contributed by atoms with Crippen LogP contribution in [0.25, 0.3) is 10.9 Å². The first-order valence-corrected chi connectivity index (χ1v) is 8.96. The van der Waals surface area contributed by atoms with Crippen LogP contribution < -0.4 is 15.0 Å². The second-order valence-electron chi connectivity index (χ2n) is 6.77. The lowest BCUT2D eigenvalue weighted by Gasteiger charge is -2.29. The first-order valence-electron chi connectivity index (χ1n) is 8.96. The molecular formula is C21H25N3O. The van der Waals surface area contributed by atoms with Gasteiger partial charge in [0.15, 0.2) is 0 Å². The Labute approximate surface area is 148 Å². The minimum absolute atomic E-state index is 0.355. The number of fused-ring (bicyclic) bond motifs is 2. The number of hydrogen-bond donors (Lipinski definition) is 2. The van der Waals surface area contributed by atoms with Gasteiger partial charge in [-0.2, -0.15) is 0 Å². The summed E-state index contributed by atoms with van der Waals surface area (Å²) in [7, 11) is 4.14. The summed E-state index contributed by atoms with van der Waals surface area (Å²) >= 11 is 0. The molecule has 130 valence electrons. The van der Waals surface area contributed by atoms with Crippen LogP contribution in [0, 0.1) is 0 Å². The topological polar surface area (TPSA) is 40.3 Å². The largest absolute Gasteiger partial charge is 0.490 e. The molecule has 0 saturated carbocycles. The van der Waals surface area contributed by atoms with Gasteiger partial charge in [-0.15, -0.1) is 0 Å². The van der Waals surface area contributed by atoms with Crippen molar-refractivity contribution >= 4 is 16.6 Å². The number of nitrogens with zero attached hydrogens (tertiary/aromatic N) is 1. The molecule has 4 rings (SSSR count). The van der Waals surface area contributed by atoms with E-state index in [0.717, 1.165) is 31.9 Å². The summed E-state index contributed by atoms with van der Waals surface area (Å²) in [5, 5.41) is 4.56. The minimum Gasteiger partial charge on any atom is -0.490 e. The highest BCUT2D eigenvalue weighted by molar-refractivity contribution is 5.80. The summed E-state index contributed by atoms with van der Waals surface area (Å²) in [6, 6.07) is 15.5. The Kier molecular flexibility index (Phi) is 4.36. The maximum atomic E-state index is 5.92. The minimum atomic E-state index is 0.355. The lowest BCUT2D eigenvalue weighted by molar-refractivity contribution is 0.311. The van der Waals surface area contributed by atoms with E-state index in [1.165, 1.54) is 27.7 Å². The van der Waals surface area contributed by atoms with Gasteiger partial charge in [0.25, 0.3) is 0 Å². The number of rotatable bonds is 5. The molecule has 25 heavy (non-hydrogen) atoms. The molecule has 0 saturated heterocycles. The van der Waals surface area contributed by atoms with Crippen molar-refractivity contribution in [3.05, 3.63) is 59.8 Å². The lowest BCUT2D eigenvalue weighted by Crippen LogP contribution is -2.28. The van der Waals surface area contributed by atoms with Crippen molar-refractivity contribution < 1.29 is 4.74 Å². The summed E-state index contributed by atoms with van der Waals surface area (Å²) in [5.41, 5.74) is 5.04. The van der Waals surface area contributed by atoms with E-state index in [9.17, 15) is 0 Å². The predicted octanol–water partition coefficient (Wildman–Crippen LogP) is 3.74. The number of H-pyrrole nitrogens is 1. The van der Waals surface area contributed by atoms with Gasteiger partial charge in [0.05, 0.1) is 12.2 Å². The van der Waals surface area contributed by atoms with Crippen LogP contribution in [0.3, 0.4) is 0 Å². The van der Waals surface area contributed by atoms with Crippen LogP contribution in [0.4, 0.5) is 5.69 Å². The third-order valence-corrected chi connectivity index (χ3v) is 5.14. The molecule has 1 atom stereocenters. The molecule has 4 nitrogen and oxygen atoms in total. The first-order chi connectivity index (χ1) is 12.3. The second-order valence-corrected chi connectivity index (χ2v) is 6.77. The van der Waals surface area contributed by atoms with Crippen LogP contribution in [0.5, 0.6) is 5.75 Å². The average molecular weight is 335 g/mol. The molecular weight excluding hydrogens is 310 g/mol. The summed E-state index contributed by atoms with van der Waals surface area (Å²) in [6.45, 7) is 2.68. The number of aromatic nitrogens is 1. The maximum Gasteiger partial charge on any atom is 0.142 e. The molecule has 0 radical (unpaired) electrons. The number of ether oxygens (including phenoxy) is 1. The van der Waals surface area contributed by atoms with Gasteiger partial charge in [-0.05, 0) is 66.9 Å². The van der Waals surface area contributed by atoms with Gasteiger partial charge < -0.3 is 19.9 Å². The fourth-order valence-corrected chi connectivity index (χ4v) is 3.69. The predicted molar refractivity (Wildman–Crippen MR) is 104 cm³/mol. The van der Waals surface area contributed by atoms with E-state index in [1.54, 1.807) is 0 Å². The van der Waals surface area contributed by atoms with E-state index >= 15 is 0 Å². The van der Waals surface area contributed by atoms with Gasteiger partial charge in [0.1, 0.15) is 12.4 Å². The molecule has 1 aromatic heterocycles. The number of hydrogen-bond acceptors (Lipinski definition) is 3. The highest BCUT2D eigenvalue weighted by Crippen LogP contribution is 2.37. The number of benzene rings is 2. The molecule has 4 heteroatoms. The number of aromatic amines is 1. The van der Waals surface area contributed by atoms with Gasteiger partial charge in [-0.3, -0.25) is 0 Å². The Morgan fingerprint density at radius 1 is 1.16 bits per heavy atom. The van der Waals surface area contributed by atoms with E-state index in [4.69, 9.17) is 4.74 Å². The van der Waals surface area contributed by atoms with Crippen LogP contribution in [-0.4, -0.2) is 38.8 Å². The molecule has 2 heterocycles. The SMILES string of the molecule is CNCCC(c1ccc2c(c1)OCCN2C)c1ccc2[nH]ccc2c1. The van der Waals surface area contributed by atoms with E-state index in [1.807, 2.05) is 13.2 Å². The standard InChI is InChI=1S/C21H25N3O/c1-22-9-8-18(15-3-5-19-17(13-15)7-10-23-19)16-4-6-20-21(14-16)25-12-11-24(20)2/h3-7,10,13-14,18,22-23H,8-9,11-12H2,1-2H3. The molecule has 0 bridgehead atoms. The molecule has 3 aromatic rings. The van der Waals surface area contributed by atoms with E-state index in [2.05, 4.69) is 64.7 Å². The van der Waals surface area contributed by atoms with Gasteiger partial charge >= 0.3 is 0 Å². The Hall–Kier alpha value is -2.46. The summed E-state index contributed by atoms with van der Waals surface area (Å²) in [6.07, 6.45) is 3.06. The molecule has 0 spiro atoms. The molecule has 0 fully saturated rings. The molecule has 1 unspecified atom stereocenters. The first kappa shape index (κ1) is 16.0. The van der Waals surface area contributed by atoms with E-state index in [0.29, 0.717) is 5.92 Å².